The van der Waals surface area contributed by atoms with E-state index in [0.717, 1.165) is 30.1 Å². The van der Waals surface area contributed by atoms with Gasteiger partial charge in [0.25, 0.3) is 0 Å². The van der Waals surface area contributed by atoms with Crippen LogP contribution in [-0.2, 0) is 11.2 Å². The zero-order valence-corrected chi connectivity index (χ0v) is 22.3. The van der Waals surface area contributed by atoms with Crippen molar-refractivity contribution in [3.05, 3.63) is 38.8 Å². The van der Waals surface area contributed by atoms with Crippen molar-refractivity contribution in [2.24, 2.45) is 23.2 Å². The molecule has 1 aromatic carbocycles. The van der Waals surface area contributed by atoms with Gasteiger partial charge in [-0.1, -0.05) is 56.0 Å². The molecule has 0 radical (unpaired) electrons. The van der Waals surface area contributed by atoms with Crippen molar-refractivity contribution >= 4 is 51.3 Å². The summed E-state index contributed by atoms with van der Waals surface area (Å²) >= 11 is 14.3. The first-order valence-corrected chi connectivity index (χ1v) is 13.2. The molecule has 4 rings (SSSR count). The van der Waals surface area contributed by atoms with Crippen molar-refractivity contribution in [3.8, 4) is 12.3 Å². The number of nitrogens with zero attached hydrogens (tertiary/aromatic N) is 2. The Kier molecular flexibility index (Phi) is 7.22. The van der Waals surface area contributed by atoms with Gasteiger partial charge in [0.1, 0.15) is 0 Å². The van der Waals surface area contributed by atoms with E-state index in [-0.39, 0.29) is 41.5 Å². The van der Waals surface area contributed by atoms with Gasteiger partial charge in [0.05, 0.1) is 34.1 Å². The first-order chi connectivity index (χ1) is 16.1. The van der Waals surface area contributed by atoms with Crippen LogP contribution in [0, 0.1) is 35.5 Å². The molecule has 1 unspecified atom stereocenters. The molecule has 34 heavy (non-hydrogen) atoms. The fourth-order valence-corrected chi connectivity index (χ4v) is 7.83. The average molecular weight is 521 g/mol. The second kappa shape index (κ2) is 9.70. The minimum atomic E-state index is -0.587. The maximum atomic E-state index is 12.9. The topological polar surface area (TPSA) is 65.5 Å². The van der Waals surface area contributed by atoms with Crippen LogP contribution in [0.2, 0.25) is 10.0 Å². The summed E-state index contributed by atoms with van der Waals surface area (Å²) in [6.07, 6.45) is 7.43. The maximum absolute atomic E-state index is 12.9. The standard InChI is InChI=1S/C26H31Cl2N3O2S/c1-6-12-31(5)24(33)14(2)16-10-11-26(4)13-19-21(15(3)20(26)23(16)32)29-25(34-19)30-22-17(27)8-7-9-18(22)28/h1,7-9,14-16,20,23,32H,10-13H2,2-5H3,(H,29,30)/t14-,15-,16?,20+,23-,26-/m0/s1. The molecular formula is C26H31Cl2N3O2S. The number of terminal acetylenes is 1. The summed E-state index contributed by atoms with van der Waals surface area (Å²) in [6, 6.07) is 5.40. The van der Waals surface area contributed by atoms with Crippen LogP contribution in [-0.4, -0.2) is 40.6 Å². The smallest absolute Gasteiger partial charge is 0.226 e. The fraction of sp³-hybridized carbons (Fsp3) is 0.538. The number of carbonyl (C=O) groups is 1. The molecule has 1 saturated carbocycles. The predicted octanol–water partition coefficient (Wildman–Crippen LogP) is 5.97. The Morgan fingerprint density at radius 3 is 2.76 bits per heavy atom. The van der Waals surface area contributed by atoms with E-state index in [2.05, 4.69) is 25.1 Å². The number of rotatable bonds is 5. The molecular weight excluding hydrogens is 489 g/mol. The van der Waals surface area contributed by atoms with Gasteiger partial charge in [-0.3, -0.25) is 4.79 Å². The average Bonchev–Trinajstić information content (AvgIpc) is 3.18. The van der Waals surface area contributed by atoms with Crippen LogP contribution >= 0.6 is 34.5 Å². The number of fused-ring (bicyclic) bond motifs is 2. The fourth-order valence-electron chi connectivity index (χ4n) is 6.07. The summed E-state index contributed by atoms with van der Waals surface area (Å²) < 4.78 is 0. The van der Waals surface area contributed by atoms with Crippen LogP contribution < -0.4 is 5.32 Å². The number of aromatic nitrogens is 1. The van der Waals surface area contributed by atoms with Crippen LogP contribution in [0.4, 0.5) is 10.8 Å². The quantitative estimate of drug-likeness (QED) is 0.477. The number of anilines is 2. The molecule has 182 valence electrons. The van der Waals surface area contributed by atoms with Gasteiger partial charge in [0.15, 0.2) is 5.13 Å². The SMILES string of the molecule is C#CCN(C)C(=O)[C@@H](C)C1CC[C@@]2(C)Cc3sc(Nc4c(Cl)cccc4Cl)nc3[C@@H](C)[C@@H]2[C@H]1O. The van der Waals surface area contributed by atoms with E-state index in [0.29, 0.717) is 15.7 Å². The molecule has 1 fully saturated rings. The van der Waals surface area contributed by atoms with Crippen LogP contribution in [0.3, 0.4) is 0 Å². The molecule has 0 saturated heterocycles. The van der Waals surface area contributed by atoms with Crippen LogP contribution in [0.15, 0.2) is 18.2 Å². The van der Waals surface area contributed by atoms with E-state index in [9.17, 15) is 9.90 Å². The van der Waals surface area contributed by atoms with Crippen molar-refractivity contribution in [2.75, 3.05) is 18.9 Å². The van der Waals surface area contributed by atoms with Crippen molar-refractivity contribution in [3.63, 3.8) is 0 Å². The highest BCUT2D eigenvalue weighted by molar-refractivity contribution is 7.15. The minimum absolute atomic E-state index is 0.00785. The van der Waals surface area contributed by atoms with Crippen molar-refractivity contribution in [2.45, 2.75) is 52.1 Å². The third kappa shape index (κ3) is 4.44. The van der Waals surface area contributed by atoms with Crippen molar-refractivity contribution in [1.82, 2.24) is 9.88 Å². The number of hydrogen-bond donors (Lipinski definition) is 2. The Labute approximate surface area is 215 Å². The molecule has 0 bridgehead atoms. The third-order valence-corrected chi connectivity index (χ3v) is 9.47. The van der Waals surface area contributed by atoms with Crippen molar-refractivity contribution in [1.29, 1.82) is 0 Å². The molecule has 1 aromatic heterocycles. The molecule has 0 spiro atoms. The number of nitrogens with one attached hydrogen (secondary N) is 1. The Morgan fingerprint density at radius 2 is 2.12 bits per heavy atom. The number of hydrogen-bond acceptors (Lipinski definition) is 5. The number of carbonyl (C=O) groups excluding carboxylic acids is 1. The minimum Gasteiger partial charge on any atom is -0.392 e. The van der Waals surface area contributed by atoms with Gasteiger partial charge in [0, 0.05) is 23.8 Å². The summed E-state index contributed by atoms with van der Waals surface area (Å²) in [7, 11) is 1.72. The van der Waals surface area contributed by atoms with Gasteiger partial charge < -0.3 is 15.3 Å². The molecule has 2 aromatic rings. The van der Waals surface area contributed by atoms with E-state index >= 15 is 0 Å². The first-order valence-electron chi connectivity index (χ1n) is 11.6. The lowest BCUT2D eigenvalue weighted by molar-refractivity contribution is -0.142. The summed E-state index contributed by atoms with van der Waals surface area (Å²) in [4.78, 5) is 20.6. The van der Waals surface area contributed by atoms with Crippen molar-refractivity contribution < 1.29 is 9.90 Å². The highest BCUT2D eigenvalue weighted by Gasteiger charge is 2.54. The van der Waals surface area contributed by atoms with Crippen LogP contribution in [0.25, 0.3) is 0 Å². The normalized spacial score (nSPS) is 28.9. The lowest BCUT2D eigenvalue weighted by atomic mass is 9.53. The van der Waals surface area contributed by atoms with Gasteiger partial charge in [-0.2, -0.15) is 0 Å². The first kappa shape index (κ1) is 25.3. The zero-order chi connectivity index (χ0) is 24.8. The van der Waals surface area contributed by atoms with E-state index in [4.69, 9.17) is 34.6 Å². The lowest BCUT2D eigenvalue weighted by Gasteiger charge is -2.53. The molecule has 2 aliphatic rings. The van der Waals surface area contributed by atoms with E-state index < -0.39 is 6.10 Å². The summed E-state index contributed by atoms with van der Waals surface area (Å²) in [5.74, 6) is 2.20. The summed E-state index contributed by atoms with van der Waals surface area (Å²) in [5.41, 5.74) is 1.61. The molecule has 1 heterocycles. The Balaban J connectivity index is 1.59. The number of para-hydroxylation sites is 1. The van der Waals surface area contributed by atoms with E-state index in [1.165, 1.54) is 4.88 Å². The number of thiazole rings is 1. The molecule has 1 amide bonds. The van der Waals surface area contributed by atoms with Gasteiger partial charge in [-0.25, -0.2) is 4.98 Å². The highest BCUT2D eigenvalue weighted by Crippen LogP contribution is 2.57. The van der Waals surface area contributed by atoms with E-state index in [1.807, 2.05) is 13.0 Å². The van der Waals surface area contributed by atoms with E-state index in [1.54, 1.807) is 35.4 Å². The molecule has 2 aliphatic carbocycles. The zero-order valence-electron chi connectivity index (χ0n) is 19.9. The second-order valence-corrected chi connectivity index (χ2v) is 12.0. The molecule has 6 atom stereocenters. The van der Waals surface area contributed by atoms with Gasteiger partial charge in [-0.15, -0.1) is 17.8 Å². The Morgan fingerprint density at radius 1 is 1.44 bits per heavy atom. The Hall–Kier alpha value is -1.78. The molecule has 0 aliphatic heterocycles. The summed E-state index contributed by atoms with van der Waals surface area (Å²) in [6.45, 7) is 6.61. The molecule has 8 heteroatoms. The van der Waals surface area contributed by atoms with Gasteiger partial charge in [-0.05, 0) is 48.6 Å². The number of halogens is 2. The number of benzene rings is 1. The van der Waals surface area contributed by atoms with Gasteiger partial charge >= 0.3 is 0 Å². The van der Waals surface area contributed by atoms with Gasteiger partial charge in [0.2, 0.25) is 5.91 Å². The number of aliphatic hydroxyl groups excluding tert-OH is 1. The summed E-state index contributed by atoms with van der Waals surface area (Å²) in [5, 5.41) is 16.7. The molecule has 5 nitrogen and oxygen atoms in total. The maximum Gasteiger partial charge on any atom is 0.226 e. The Bertz CT molecular complexity index is 1110. The third-order valence-electron chi connectivity index (χ3n) is 7.85. The van der Waals surface area contributed by atoms with Crippen LogP contribution in [0.1, 0.15) is 50.1 Å². The van der Waals surface area contributed by atoms with Crippen LogP contribution in [0.5, 0.6) is 0 Å². The largest absolute Gasteiger partial charge is 0.392 e. The predicted molar refractivity (Wildman–Crippen MR) is 140 cm³/mol. The highest BCUT2D eigenvalue weighted by atomic mass is 35.5. The second-order valence-electron chi connectivity index (χ2n) is 10.1. The monoisotopic (exact) mass is 519 g/mol. The number of aliphatic hydroxyl groups is 1. The molecule has 2 N–H and O–H groups in total. The number of amides is 1. The lowest BCUT2D eigenvalue weighted by Crippen LogP contribution is -2.53.